The van der Waals surface area contributed by atoms with Crippen molar-refractivity contribution in [2.24, 2.45) is 0 Å². The van der Waals surface area contributed by atoms with Gasteiger partial charge in [-0.2, -0.15) is 0 Å². The Balaban J connectivity index is 1.91. The second-order valence-electron chi connectivity index (χ2n) is 4.79. The molecule has 0 saturated heterocycles. The highest BCUT2D eigenvalue weighted by atomic mass is 16.5. The number of aryl methyl sites for hydroxylation is 1. The third-order valence-electron chi connectivity index (χ3n) is 3.31. The Kier molecular flexibility index (Phi) is 4.43. The average Bonchev–Trinajstić information content (AvgIpc) is 3.19. The van der Waals surface area contributed by atoms with Gasteiger partial charge in [-0.3, -0.25) is 0 Å². The molecule has 0 aliphatic heterocycles. The molecule has 1 unspecified atom stereocenters. The smallest absolute Gasteiger partial charge is 0.122 e. The van der Waals surface area contributed by atoms with Crippen LogP contribution in [0, 0.1) is 0 Å². The van der Waals surface area contributed by atoms with Crippen LogP contribution in [0.1, 0.15) is 38.7 Å². The summed E-state index contributed by atoms with van der Waals surface area (Å²) in [6, 6.07) is 9.12. The summed E-state index contributed by atoms with van der Waals surface area (Å²) < 4.78 is 6.10. The van der Waals surface area contributed by atoms with Crippen molar-refractivity contribution in [2.75, 3.05) is 6.54 Å². The van der Waals surface area contributed by atoms with E-state index in [9.17, 15) is 0 Å². The van der Waals surface area contributed by atoms with Gasteiger partial charge in [0.15, 0.2) is 0 Å². The van der Waals surface area contributed by atoms with Crippen LogP contribution in [0.25, 0.3) is 0 Å². The largest absolute Gasteiger partial charge is 0.489 e. The van der Waals surface area contributed by atoms with E-state index in [2.05, 4.69) is 43.4 Å². The summed E-state index contributed by atoms with van der Waals surface area (Å²) >= 11 is 0. The lowest BCUT2D eigenvalue weighted by atomic mass is 10.1. The molecule has 0 spiro atoms. The minimum Gasteiger partial charge on any atom is -0.489 e. The monoisotopic (exact) mass is 233 g/mol. The molecule has 1 fully saturated rings. The highest BCUT2D eigenvalue weighted by molar-refractivity contribution is 5.33. The second kappa shape index (κ2) is 6.06. The van der Waals surface area contributed by atoms with Crippen LogP contribution in [-0.4, -0.2) is 18.7 Å². The van der Waals surface area contributed by atoms with Crippen molar-refractivity contribution in [3.63, 3.8) is 0 Å². The molecule has 0 radical (unpaired) electrons. The topological polar surface area (TPSA) is 21.3 Å². The minimum absolute atomic E-state index is 0.295. The highest BCUT2D eigenvalue weighted by Gasteiger charge is 2.22. The lowest BCUT2D eigenvalue weighted by molar-refractivity contribution is 0.191. The average molecular weight is 233 g/mol. The first-order valence-corrected chi connectivity index (χ1v) is 6.81. The van der Waals surface area contributed by atoms with E-state index < -0.39 is 0 Å². The SMILES string of the molecule is CCc1ccccc1OC(CC)CNC1CC1. The van der Waals surface area contributed by atoms with E-state index in [1.165, 1.54) is 18.4 Å². The zero-order valence-electron chi connectivity index (χ0n) is 10.9. The number of nitrogens with one attached hydrogen (secondary N) is 1. The maximum atomic E-state index is 6.10. The molecule has 0 amide bonds. The summed E-state index contributed by atoms with van der Waals surface area (Å²) in [7, 11) is 0. The molecule has 2 heteroatoms. The van der Waals surface area contributed by atoms with Gasteiger partial charge in [0.1, 0.15) is 11.9 Å². The fourth-order valence-electron chi connectivity index (χ4n) is 1.95. The van der Waals surface area contributed by atoms with E-state index in [4.69, 9.17) is 4.74 Å². The predicted octanol–water partition coefficient (Wildman–Crippen LogP) is 3.16. The van der Waals surface area contributed by atoms with Crippen molar-refractivity contribution >= 4 is 0 Å². The van der Waals surface area contributed by atoms with Gasteiger partial charge in [-0.25, -0.2) is 0 Å². The molecule has 1 saturated carbocycles. The maximum Gasteiger partial charge on any atom is 0.122 e. The van der Waals surface area contributed by atoms with Gasteiger partial charge in [-0.05, 0) is 37.3 Å². The van der Waals surface area contributed by atoms with Gasteiger partial charge >= 0.3 is 0 Å². The fraction of sp³-hybridized carbons (Fsp3) is 0.600. The van der Waals surface area contributed by atoms with Gasteiger partial charge in [0.05, 0.1) is 0 Å². The number of hydrogen-bond donors (Lipinski definition) is 1. The quantitative estimate of drug-likeness (QED) is 0.781. The van der Waals surface area contributed by atoms with Gasteiger partial charge in [-0.1, -0.05) is 32.0 Å². The van der Waals surface area contributed by atoms with Crippen LogP contribution in [0.15, 0.2) is 24.3 Å². The summed E-state index contributed by atoms with van der Waals surface area (Å²) in [5.74, 6) is 1.06. The molecule has 0 heterocycles. The lowest BCUT2D eigenvalue weighted by Gasteiger charge is -2.20. The number of rotatable bonds is 7. The summed E-state index contributed by atoms with van der Waals surface area (Å²) in [6.45, 7) is 5.33. The number of para-hydroxylation sites is 1. The Morgan fingerprint density at radius 3 is 2.71 bits per heavy atom. The van der Waals surface area contributed by atoms with Crippen LogP contribution in [0.2, 0.25) is 0 Å². The van der Waals surface area contributed by atoms with E-state index in [-0.39, 0.29) is 0 Å². The van der Waals surface area contributed by atoms with E-state index in [1.807, 2.05) is 0 Å². The van der Waals surface area contributed by atoms with Gasteiger partial charge in [0.2, 0.25) is 0 Å². The van der Waals surface area contributed by atoms with Gasteiger partial charge < -0.3 is 10.1 Å². The van der Waals surface area contributed by atoms with Gasteiger partial charge in [0, 0.05) is 12.6 Å². The van der Waals surface area contributed by atoms with Crippen molar-refractivity contribution in [3.05, 3.63) is 29.8 Å². The van der Waals surface area contributed by atoms with E-state index in [0.29, 0.717) is 6.10 Å². The third-order valence-corrected chi connectivity index (χ3v) is 3.31. The van der Waals surface area contributed by atoms with E-state index in [1.54, 1.807) is 0 Å². The van der Waals surface area contributed by atoms with Crippen LogP contribution in [-0.2, 0) is 6.42 Å². The number of ether oxygens (including phenoxy) is 1. The molecule has 1 aliphatic rings. The molecular weight excluding hydrogens is 210 g/mol. The third kappa shape index (κ3) is 3.74. The molecule has 2 rings (SSSR count). The molecule has 0 aromatic heterocycles. The zero-order valence-corrected chi connectivity index (χ0v) is 10.9. The Hall–Kier alpha value is -1.02. The molecular formula is C15H23NO. The van der Waals surface area contributed by atoms with Crippen LogP contribution in [0.4, 0.5) is 0 Å². The lowest BCUT2D eigenvalue weighted by Crippen LogP contribution is -2.32. The first-order valence-electron chi connectivity index (χ1n) is 6.81. The molecule has 1 aromatic carbocycles. The zero-order chi connectivity index (χ0) is 12.1. The van der Waals surface area contributed by atoms with Crippen molar-refractivity contribution < 1.29 is 4.74 Å². The Bertz CT molecular complexity index is 347. The van der Waals surface area contributed by atoms with E-state index >= 15 is 0 Å². The van der Waals surface area contributed by atoms with Gasteiger partial charge in [-0.15, -0.1) is 0 Å². The van der Waals surface area contributed by atoms with E-state index in [0.717, 1.165) is 31.2 Å². The summed E-state index contributed by atoms with van der Waals surface area (Å²) in [5.41, 5.74) is 1.30. The molecule has 2 nitrogen and oxygen atoms in total. The fourth-order valence-corrected chi connectivity index (χ4v) is 1.95. The van der Waals surface area contributed by atoms with Crippen LogP contribution < -0.4 is 10.1 Å². The van der Waals surface area contributed by atoms with Crippen LogP contribution >= 0.6 is 0 Å². The second-order valence-corrected chi connectivity index (χ2v) is 4.79. The Morgan fingerprint density at radius 2 is 2.06 bits per heavy atom. The van der Waals surface area contributed by atoms with Crippen LogP contribution in [0.3, 0.4) is 0 Å². The van der Waals surface area contributed by atoms with Crippen molar-refractivity contribution in [1.82, 2.24) is 5.32 Å². The first kappa shape index (κ1) is 12.4. The Morgan fingerprint density at radius 1 is 1.29 bits per heavy atom. The minimum atomic E-state index is 0.295. The molecule has 17 heavy (non-hydrogen) atoms. The molecule has 1 aliphatic carbocycles. The van der Waals surface area contributed by atoms with Crippen molar-refractivity contribution in [1.29, 1.82) is 0 Å². The van der Waals surface area contributed by atoms with Crippen molar-refractivity contribution in [2.45, 2.75) is 51.7 Å². The molecule has 1 atom stereocenters. The first-order chi connectivity index (χ1) is 8.33. The maximum absolute atomic E-state index is 6.10. The summed E-state index contributed by atoms with van der Waals surface area (Å²) in [5, 5.41) is 3.54. The molecule has 94 valence electrons. The Labute approximate surface area is 104 Å². The highest BCUT2D eigenvalue weighted by Crippen LogP contribution is 2.22. The summed E-state index contributed by atoms with van der Waals surface area (Å²) in [4.78, 5) is 0. The molecule has 1 N–H and O–H groups in total. The number of benzene rings is 1. The standard InChI is InChI=1S/C15H23NO/c1-3-12-7-5-6-8-15(12)17-14(4-2)11-16-13-9-10-13/h5-8,13-14,16H,3-4,9-11H2,1-2H3. The van der Waals surface area contributed by atoms with Crippen molar-refractivity contribution in [3.8, 4) is 5.75 Å². The normalized spacial score (nSPS) is 16.8. The van der Waals surface area contributed by atoms with Gasteiger partial charge in [0.25, 0.3) is 0 Å². The number of hydrogen-bond acceptors (Lipinski definition) is 2. The summed E-state index contributed by atoms with van der Waals surface area (Å²) in [6.07, 6.45) is 5.05. The van der Waals surface area contributed by atoms with Crippen LogP contribution in [0.5, 0.6) is 5.75 Å². The predicted molar refractivity (Wildman–Crippen MR) is 71.6 cm³/mol. The molecule has 0 bridgehead atoms. The molecule has 1 aromatic rings.